The molecule has 1 heterocycles. The van der Waals surface area contributed by atoms with E-state index in [2.05, 4.69) is 4.98 Å². The van der Waals surface area contributed by atoms with Crippen LogP contribution in [0.2, 0.25) is 4.47 Å². The molecule has 1 aromatic carbocycles. The molecule has 0 aliphatic rings. The van der Waals surface area contributed by atoms with E-state index in [4.69, 9.17) is 11.6 Å². The Kier molecular flexibility index (Phi) is 4.57. The number of hydrogen-bond acceptors (Lipinski definition) is 4. The van der Waals surface area contributed by atoms with Crippen molar-refractivity contribution in [1.29, 1.82) is 0 Å². The van der Waals surface area contributed by atoms with Crippen LogP contribution in [0.15, 0.2) is 40.7 Å². The maximum absolute atomic E-state index is 12.2. The zero-order valence-electron chi connectivity index (χ0n) is 10.3. The van der Waals surface area contributed by atoms with E-state index in [1.165, 1.54) is 10.5 Å². The highest BCUT2D eigenvalue weighted by Crippen LogP contribution is 2.24. The van der Waals surface area contributed by atoms with Crippen LogP contribution in [-0.2, 0) is 16.4 Å². The first-order chi connectivity index (χ1) is 9.00. The molecule has 0 radical (unpaired) electrons. The molecular formula is C12H13ClN2O2S2. The van der Waals surface area contributed by atoms with Gasteiger partial charge in [-0.2, -0.15) is 4.31 Å². The Morgan fingerprint density at radius 2 is 2.00 bits per heavy atom. The summed E-state index contributed by atoms with van der Waals surface area (Å²) in [5.41, 5.74) is 1.10. The summed E-state index contributed by atoms with van der Waals surface area (Å²) in [7, 11) is -1.92. The molecule has 0 saturated heterocycles. The van der Waals surface area contributed by atoms with Gasteiger partial charge in [-0.3, -0.25) is 0 Å². The maximum atomic E-state index is 12.2. The molecule has 19 heavy (non-hydrogen) atoms. The van der Waals surface area contributed by atoms with Crippen molar-refractivity contribution in [2.75, 3.05) is 13.6 Å². The summed E-state index contributed by atoms with van der Waals surface area (Å²) in [6.45, 7) is 0.419. The Hall–Kier alpha value is -0.950. The number of rotatable bonds is 5. The van der Waals surface area contributed by atoms with Crippen molar-refractivity contribution >= 4 is 33.0 Å². The highest BCUT2D eigenvalue weighted by Gasteiger charge is 2.23. The second-order valence-corrected chi connectivity index (χ2v) is 7.88. The number of benzene rings is 1. The van der Waals surface area contributed by atoms with E-state index in [1.54, 1.807) is 7.05 Å². The Morgan fingerprint density at radius 1 is 1.32 bits per heavy atom. The highest BCUT2D eigenvalue weighted by molar-refractivity contribution is 7.91. The minimum Gasteiger partial charge on any atom is -0.232 e. The number of sulfonamides is 1. The molecule has 0 atom stereocenters. The van der Waals surface area contributed by atoms with E-state index >= 15 is 0 Å². The Bertz CT molecular complexity index is 641. The molecule has 0 fully saturated rings. The standard InChI is InChI=1S/C12H13ClN2O2S2/c1-15(8-7-10-5-3-2-4-6-10)19(16,17)11-9-14-12(13)18-11/h2-6,9H,7-8H2,1H3. The summed E-state index contributed by atoms with van der Waals surface area (Å²) in [6.07, 6.45) is 1.96. The van der Waals surface area contributed by atoms with E-state index < -0.39 is 10.0 Å². The Balaban J connectivity index is 2.05. The summed E-state index contributed by atoms with van der Waals surface area (Å²) in [6, 6.07) is 9.76. The minimum atomic E-state index is -3.48. The Labute approximate surface area is 121 Å². The van der Waals surface area contributed by atoms with Crippen LogP contribution in [0.5, 0.6) is 0 Å². The van der Waals surface area contributed by atoms with Gasteiger partial charge in [-0.05, 0) is 12.0 Å². The van der Waals surface area contributed by atoms with Crippen LogP contribution in [0.3, 0.4) is 0 Å². The molecule has 7 heteroatoms. The predicted octanol–water partition coefficient (Wildman–Crippen LogP) is 2.66. The van der Waals surface area contributed by atoms with Gasteiger partial charge in [0.15, 0.2) is 8.68 Å². The third-order valence-corrected chi connectivity index (χ3v) is 6.09. The molecule has 0 spiro atoms. The molecule has 2 aromatic rings. The highest BCUT2D eigenvalue weighted by atomic mass is 35.5. The first kappa shape index (κ1) is 14.5. The smallest absolute Gasteiger partial charge is 0.232 e. The maximum Gasteiger partial charge on any atom is 0.253 e. The first-order valence-corrected chi connectivity index (χ1v) is 8.25. The van der Waals surface area contributed by atoms with Crippen molar-refractivity contribution in [3.8, 4) is 0 Å². The lowest BCUT2D eigenvalue weighted by molar-refractivity contribution is 0.474. The minimum absolute atomic E-state index is 0.174. The molecule has 0 aliphatic carbocycles. The van der Waals surface area contributed by atoms with Crippen molar-refractivity contribution in [2.24, 2.45) is 0 Å². The fraction of sp³-hybridized carbons (Fsp3) is 0.250. The van der Waals surface area contributed by atoms with E-state index in [-0.39, 0.29) is 8.68 Å². The third kappa shape index (κ3) is 3.54. The van der Waals surface area contributed by atoms with Gasteiger partial charge in [0.1, 0.15) is 0 Å². The summed E-state index contributed by atoms with van der Waals surface area (Å²) in [4.78, 5) is 3.76. The number of halogens is 1. The van der Waals surface area contributed by atoms with E-state index in [0.717, 1.165) is 16.9 Å². The molecule has 0 aliphatic heterocycles. The van der Waals surface area contributed by atoms with Crippen LogP contribution in [0, 0.1) is 0 Å². The monoisotopic (exact) mass is 316 g/mol. The second kappa shape index (κ2) is 6.00. The molecule has 2 rings (SSSR count). The summed E-state index contributed by atoms with van der Waals surface area (Å²) in [5.74, 6) is 0. The predicted molar refractivity (Wildman–Crippen MR) is 77.1 cm³/mol. The zero-order chi connectivity index (χ0) is 13.9. The van der Waals surface area contributed by atoms with Gasteiger partial charge in [-0.25, -0.2) is 13.4 Å². The molecule has 0 amide bonds. The molecular weight excluding hydrogens is 304 g/mol. The van der Waals surface area contributed by atoms with E-state index in [9.17, 15) is 8.42 Å². The number of aromatic nitrogens is 1. The molecule has 1 aromatic heterocycles. The van der Waals surface area contributed by atoms with Gasteiger partial charge in [0.2, 0.25) is 0 Å². The van der Waals surface area contributed by atoms with Crippen LogP contribution >= 0.6 is 22.9 Å². The summed E-state index contributed by atoms with van der Waals surface area (Å²) >= 11 is 6.64. The fourth-order valence-electron chi connectivity index (χ4n) is 1.56. The summed E-state index contributed by atoms with van der Waals surface area (Å²) in [5, 5.41) is 0. The third-order valence-electron chi connectivity index (χ3n) is 2.68. The molecule has 0 saturated carbocycles. The van der Waals surface area contributed by atoms with Gasteiger partial charge >= 0.3 is 0 Å². The normalized spacial score (nSPS) is 11.9. The zero-order valence-corrected chi connectivity index (χ0v) is 12.7. The van der Waals surface area contributed by atoms with Gasteiger partial charge in [-0.1, -0.05) is 53.3 Å². The molecule has 0 bridgehead atoms. The van der Waals surface area contributed by atoms with Crippen molar-refractivity contribution < 1.29 is 8.42 Å². The average molecular weight is 317 g/mol. The number of hydrogen-bond donors (Lipinski definition) is 0. The molecule has 0 N–H and O–H groups in total. The molecule has 102 valence electrons. The number of nitrogens with zero attached hydrogens (tertiary/aromatic N) is 2. The lowest BCUT2D eigenvalue weighted by Gasteiger charge is -2.15. The van der Waals surface area contributed by atoms with Crippen molar-refractivity contribution in [3.05, 3.63) is 46.6 Å². The fourth-order valence-corrected chi connectivity index (χ4v) is 4.24. The van der Waals surface area contributed by atoms with Crippen molar-refractivity contribution in [2.45, 2.75) is 10.6 Å². The quantitative estimate of drug-likeness (QED) is 0.852. The van der Waals surface area contributed by atoms with Crippen LogP contribution in [0.1, 0.15) is 5.56 Å². The van der Waals surface area contributed by atoms with Gasteiger partial charge in [-0.15, -0.1) is 0 Å². The number of likely N-dealkylation sites (N-methyl/N-ethyl adjacent to an activating group) is 1. The Morgan fingerprint density at radius 3 is 2.58 bits per heavy atom. The van der Waals surface area contributed by atoms with Crippen LogP contribution in [0.4, 0.5) is 0 Å². The van der Waals surface area contributed by atoms with Crippen molar-refractivity contribution in [1.82, 2.24) is 9.29 Å². The average Bonchev–Trinajstić information content (AvgIpc) is 2.84. The lowest BCUT2D eigenvalue weighted by Crippen LogP contribution is -2.28. The number of thiazole rings is 1. The van der Waals surface area contributed by atoms with E-state index in [1.807, 2.05) is 30.3 Å². The lowest BCUT2D eigenvalue weighted by atomic mass is 10.2. The summed E-state index contributed by atoms with van der Waals surface area (Å²) < 4.78 is 26.1. The van der Waals surface area contributed by atoms with Crippen molar-refractivity contribution in [3.63, 3.8) is 0 Å². The molecule has 0 unspecified atom stereocenters. The van der Waals surface area contributed by atoms with Crippen LogP contribution in [0.25, 0.3) is 0 Å². The van der Waals surface area contributed by atoms with Gasteiger partial charge in [0.25, 0.3) is 10.0 Å². The van der Waals surface area contributed by atoms with E-state index in [0.29, 0.717) is 13.0 Å². The van der Waals surface area contributed by atoms with Gasteiger partial charge in [0, 0.05) is 13.6 Å². The largest absolute Gasteiger partial charge is 0.253 e. The van der Waals surface area contributed by atoms with Crippen LogP contribution < -0.4 is 0 Å². The van der Waals surface area contributed by atoms with Gasteiger partial charge < -0.3 is 0 Å². The van der Waals surface area contributed by atoms with Gasteiger partial charge in [0.05, 0.1) is 6.20 Å². The second-order valence-electron chi connectivity index (χ2n) is 3.99. The molecule has 4 nitrogen and oxygen atoms in total. The SMILES string of the molecule is CN(CCc1ccccc1)S(=O)(=O)c1cnc(Cl)s1. The first-order valence-electron chi connectivity index (χ1n) is 5.62. The topological polar surface area (TPSA) is 50.3 Å². The van der Waals surface area contributed by atoms with Crippen LogP contribution in [-0.4, -0.2) is 31.3 Å².